The first-order chi connectivity index (χ1) is 8.61. The summed E-state index contributed by atoms with van der Waals surface area (Å²) in [7, 11) is 0. The Labute approximate surface area is 123 Å². The van der Waals surface area contributed by atoms with E-state index >= 15 is 0 Å². The van der Waals surface area contributed by atoms with Gasteiger partial charge in [0.2, 0.25) is 5.91 Å². The molecule has 1 unspecified atom stereocenters. The number of aryl methyl sites for hydroxylation is 2. The Bertz CT molecular complexity index is 463. The maximum absolute atomic E-state index is 12.2. The number of carbonyl (C=O) groups excluding carboxylic acids is 1. The van der Waals surface area contributed by atoms with Crippen molar-refractivity contribution < 1.29 is 4.79 Å². The molecule has 1 aliphatic carbocycles. The van der Waals surface area contributed by atoms with Gasteiger partial charge in [0.1, 0.15) is 0 Å². The van der Waals surface area contributed by atoms with Crippen molar-refractivity contribution in [3.8, 4) is 0 Å². The smallest absolute Gasteiger partial charge is 0.229 e. The molecule has 0 bridgehead atoms. The molecule has 1 amide bonds. The predicted molar refractivity (Wildman–Crippen MR) is 80.1 cm³/mol. The van der Waals surface area contributed by atoms with E-state index in [1.165, 1.54) is 4.88 Å². The van der Waals surface area contributed by atoms with Crippen LogP contribution in [0, 0.1) is 25.2 Å². The molecule has 1 spiro atoms. The quantitative estimate of drug-likeness (QED) is 0.882. The van der Waals surface area contributed by atoms with Crippen LogP contribution in [0.25, 0.3) is 0 Å². The van der Waals surface area contributed by atoms with Crippen molar-refractivity contribution in [2.24, 2.45) is 11.3 Å². The Balaban J connectivity index is 0.00000133. The van der Waals surface area contributed by atoms with Crippen molar-refractivity contribution in [1.29, 1.82) is 0 Å². The first-order valence-electron chi connectivity index (χ1n) is 6.56. The van der Waals surface area contributed by atoms with Gasteiger partial charge in [-0.05, 0) is 51.6 Å². The zero-order valence-corrected chi connectivity index (χ0v) is 12.9. The number of amides is 1. The molecule has 6 heteroatoms. The fraction of sp³-hybridized carbons (Fsp3) is 0.692. The molecule has 2 heterocycles. The maximum atomic E-state index is 12.2. The molecule has 3 rings (SSSR count). The highest BCUT2D eigenvalue weighted by Gasteiger charge is 2.57. The lowest BCUT2D eigenvalue weighted by Gasteiger charge is -2.22. The molecule has 2 aliphatic rings. The number of hydrogen-bond acceptors (Lipinski definition) is 4. The first kappa shape index (κ1) is 14.8. The second-order valence-electron chi connectivity index (χ2n) is 5.52. The van der Waals surface area contributed by atoms with Gasteiger partial charge in [-0.3, -0.25) is 4.79 Å². The molecule has 2 fully saturated rings. The number of thiazole rings is 1. The van der Waals surface area contributed by atoms with Crippen molar-refractivity contribution >= 4 is 34.8 Å². The normalized spacial score (nSPS) is 23.8. The van der Waals surface area contributed by atoms with Crippen LogP contribution in [0.3, 0.4) is 0 Å². The van der Waals surface area contributed by atoms with Gasteiger partial charge < -0.3 is 10.6 Å². The Morgan fingerprint density at radius 2 is 2.11 bits per heavy atom. The van der Waals surface area contributed by atoms with E-state index in [0.29, 0.717) is 5.41 Å². The lowest BCUT2D eigenvalue weighted by molar-refractivity contribution is -0.118. The zero-order chi connectivity index (χ0) is 12.8. The van der Waals surface area contributed by atoms with Gasteiger partial charge in [-0.1, -0.05) is 0 Å². The van der Waals surface area contributed by atoms with Crippen LogP contribution in [0.2, 0.25) is 0 Å². The van der Waals surface area contributed by atoms with E-state index in [1.54, 1.807) is 11.3 Å². The van der Waals surface area contributed by atoms with Crippen LogP contribution < -0.4 is 10.6 Å². The van der Waals surface area contributed by atoms with Gasteiger partial charge in [-0.15, -0.1) is 23.7 Å². The Kier molecular flexibility index (Phi) is 4.18. The third kappa shape index (κ3) is 2.78. The molecule has 1 aromatic rings. The summed E-state index contributed by atoms with van der Waals surface area (Å²) in [6.07, 6.45) is 3.34. The van der Waals surface area contributed by atoms with Gasteiger partial charge in [0.05, 0.1) is 5.69 Å². The molecule has 1 aliphatic heterocycles. The standard InChI is InChI=1S/C13H19N3OS.ClH/c1-8-9(2)18-12(15-8)16-11(17)10-7-13(10)3-5-14-6-4-13;/h10,14H,3-7H2,1-2H3,(H,15,16,17);1H. The van der Waals surface area contributed by atoms with Crippen LogP contribution in [0.5, 0.6) is 0 Å². The average molecular weight is 302 g/mol. The fourth-order valence-electron chi connectivity index (χ4n) is 2.91. The van der Waals surface area contributed by atoms with Crippen LogP contribution in [-0.4, -0.2) is 24.0 Å². The van der Waals surface area contributed by atoms with E-state index in [4.69, 9.17) is 0 Å². The third-order valence-corrected chi connectivity index (χ3v) is 5.35. The van der Waals surface area contributed by atoms with E-state index in [1.807, 2.05) is 13.8 Å². The number of aromatic nitrogens is 1. The molecular formula is C13H20ClN3OS. The van der Waals surface area contributed by atoms with Gasteiger partial charge in [0, 0.05) is 10.8 Å². The van der Waals surface area contributed by atoms with E-state index in [2.05, 4.69) is 15.6 Å². The topological polar surface area (TPSA) is 54.0 Å². The molecule has 0 aromatic carbocycles. The number of carbonyl (C=O) groups is 1. The fourth-order valence-corrected chi connectivity index (χ4v) is 3.73. The Morgan fingerprint density at radius 1 is 1.42 bits per heavy atom. The number of nitrogens with zero attached hydrogens (tertiary/aromatic N) is 1. The average Bonchev–Trinajstić information content (AvgIpc) is 2.93. The highest BCUT2D eigenvalue weighted by molar-refractivity contribution is 7.15. The highest BCUT2D eigenvalue weighted by atomic mass is 35.5. The highest BCUT2D eigenvalue weighted by Crippen LogP contribution is 2.58. The lowest BCUT2D eigenvalue weighted by Crippen LogP contribution is -2.31. The molecule has 19 heavy (non-hydrogen) atoms. The number of anilines is 1. The molecule has 1 atom stereocenters. The first-order valence-corrected chi connectivity index (χ1v) is 7.38. The molecule has 106 valence electrons. The summed E-state index contributed by atoms with van der Waals surface area (Å²) in [6.45, 7) is 6.12. The number of piperidine rings is 1. The van der Waals surface area contributed by atoms with Gasteiger partial charge in [-0.25, -0.2) is 4.98 Å². The van der Waals surface area contributed by atoms with E-state index in [-0.39, 0.29) is 24.2 Å². The van der Waals surface area contributed by atoms with Gasteiger partial charge >= 0.3 is 0 Å². The van der Waals surface area contributed by atoms with Crippen molar-refractivity contribution in [2.45, 2.75) is 33.1 Å². The van der Waals surface area contributed by atoms with Crippen LogP contribution in [0.15, 0.2) is 0 Å². The van der Waals surface area contributed by atoms with Crippen LogP contribution >= 0.6 is 23.7 Å². The largest absolute Gasteiger partial charge is 0.317 e. The van der Waals surface area contributed by atoms with Crippen molar-refractivity contribution in [3.63, 3.8) is 0 Å². The summed E-state index contributed by atoms with van der Waals surface area (Å²) in [5.74, 6) is 0.384. The summed E-state index contributed by atoms with van der Waals surface area (Å²) in [5.41, 5.74) is 1.32. The van der Waals surface area contributed by atoms with Gasteiger partial charge in [-0.2, -0.15) is 0 Å². The SMILES string of the molecule is Cc1nc(NC(=O)C2CC23CCNCC3)sc1C.Cl. The lowest BCUT2D eigenvalue weighted by atomic mass is 9.92. The molecule has 1 saturated carbocycles. The van der Waals surface area contributed by atoms with Crippen LogP contribution in [0.1, 0.15) is 29.8 Å². The Hall–Kier alpha value is -0.650. The van der Waals surface area contributed by atoms with E-state index in [9.17, 15) is 4.79 Å². The third-order valence-electron chi connectivity index (χ3n) is 4.36. The van der Waals surface area contributed by atoms with E-state index in [0.717, 1.165) is 43.2 Å². The number of hydrogen-bond donors (Lipinski definition) is 2. The van der Waals surface area contributed by atoms with Crippen LogP contribution in [-0.2, 0) is 4.79 Å². The van der Waals surface area contributed by atoms with Crippen molar-refractivity contribution in [2.75, 3.05) is 18.4 Å². The van der Waals surface area contributed by atoms with Crippen LogP contribution in [0.4, 0.5) is 5.13 Å². The summed E-state index contributed by atoms with van der Waals surface area (Å²) in [5, 5.41) is 7.10. The zero-order valence-electron chi connectivity index (χ0n) is 11.3. The number of nitrogens with one attached hydrogen (secondary N) is 2. The van der Waals surface area contributed by atoms with Crippen molar-refractivity contribution in [1.82, 2.24) is 10.3 Å². The number of rotatable bonds is 2. The Morgan fingerprint density at radius 3 is 2.68 bits per heavy atom. The van der Waals surface area contributed by atoms with E-state index < -0.39 is 0 Å². The predicted octanol–water partition coefficient (Wildman–Crippen LogP) is 2.51. The van der Waals surface area contributed by atoms with Gasteiger partial charge in [0.15, 0.2) is 5.13 Å². The summed E-state index contributed by atoms with van der Waals surface area (Å²) in [6, 6.07) is 0. The monoisotopic (exact) mass is 301 g/mol. The second-order valence-corrected chi connectivity index (χ2v) is 6.72. The molecule has 1 aromatic heterocycles. The summed E-state index contributed by atoms with van der Waals surface area (Å²) >= 11 is 1.57. The van der Waals surface area contributed by atoms with Gasteiger partial charge in [0.25, 0.3) is 0 Å². The molecule has 4 nitrogen and oxygen atoms in total. The van der Waals surface area contributed by atoms with Crippen molar-refractivity contribution in [3.05, 3.63) is 10.6 Å². The number of halogens is 1. The summed E-state index contributed by atoms with van der Waals surface area (Å²) in [4.78, 5) is 17.8. The molecule has 0 radical (unpaired) electrons. The minimum atomic E-state index is 0. The second kappa shape index (κ2) is 5.38. The minimum Gasteiger partial charge on any atom is -0.317 e. The molecule has 1 saturated heterocycles. The molecule has 2 N–H and O–H groups in total. The minimum absolute atomic E-state index is 0. The maximum Gasteiger partial charge on any atom is 0.229 e. The summed E-state index contributed by atoms with van der Waals surface area (Å²) < 4.78 is 0. The molecular weight excluding hydrogens is 282 g/mol.